The summed E-state index contributed by atoms with van der Waals surface area (Å²) >= 11 is 6.29. The normalized spacial score (nSPS) is 18.2. The second-order valence-electron chi connectivity index (χ2n) is 9.51. The third kappa shape index (κ3) is 5.36. The number of piperidine rings is 2. The number of aromatic nitrogens is 3. The molecule has 1 aromatic carbocycles. The Hall–Kier alpha value is -2.60. The van der Waals surface area contributed by atoms with Crippen molar-refractivity contribution >= 4 is 50.1 Å². The minimum atomic E-state index is -3.63. The van der Waals surface area contributed by atoms with Gasteiger partial charge in [0.15, 0.2) is 0 Å². The number of methoxy groups -OCH3 is 1. The summed E-state index contributed by atoms with van der Waals surface area (Å²) in [6, 6.07) is 5.33. The van der Waals surface area contributed by atoms with Gasteiger partial charge in [0.1, 0.15) is 17.2 Å². The number of hydrogen-bond donors (Lipinski definition) is 3. The minimum absolute atomic E-state index is 0.215. The first-order valence-electron chi connectivity index (χ1n) is 12.9. The second kappa shape index (κ2) is 11.0. The summed E-state index contributed by atoms with van der Waals surface area (Å²) in [7, 11) is -2.12. The average Bonchev–Trinajstić information content (AvgIpc) is 3.30. The Morgan fingerprint density at radius 1 is 1.14 bits per heavy atom. The van der Waals surface area contributed by atoms with E-state index in [9.17, 15) is 8.42 Å². The molecule has 0 aliphatic carbocycles. The first-order chi connectivity index (χ1) is 17.9. The van der Waals surface area contributed by atoms with E-state index in [1.165, 1.54) is 26.4 Å². The van der Waals surface area contributed by atoms with Crippen molar-refractivity contribution in [3.8, 4) is 5.75 Å². The number of halogens is 1. The lowest BCUT2D eigenvalue weighted by atomic mass is 10.0. The van der Waals surface area contributed by atoms with Gasteiger partial charge in [-0.3, -0.25) is 0 Å². The quantitative estimate of drug-likeness (QED) is 0.379. The van der Waals surface area contributed by atoms with Crippen LogP contribution in [0.5, 0.6) is 5.75 Å². The molecule has 3 aromatic rings. The van der Waals surface area contributed by atoms with E-state index in [-0.39, 0.29) is 4.90 Å². The Balaban J connectivity index is 1.33. The maximum Gasteiger partial charge on any atom is 0.243 e. The molecule has 200 valence electrons. The van der Waals surface area contributed by atoms with Crippen molar-refractivity contribution in [1.29, 1.82) is 0 Å². The number of fused-ring (bicyclic) bond motifs is 1. The van der Waals surface area contributed by atoms with E-state index < -0.39 is 10.0 Å². The van der Waals surface area contributed by atoms with Crippen LogP contribution in [0.2, 0.25) is 5.02 Å². The number of rotatable bonds is 8. The monoisotopic (exact) mass is 547 g/mol. The van der Waals surface area contributed by atoms with Gasteiger partial charge < -0.3 is 25.3 Å². The highest BCUT2D eigenvalue weighted by Crippen LogP contribution is 2.34. The second-order valence-corrected chi connectivity index (χ2v) is 11.9. The van der Waals surface area contributed by atoms with E-state index >= 15 is 0 Å². The lowest BCUT2D eigenvalue weighted by Crippen LogP contribution is -2.48. The van der Waals surface area contributed by atoms with E-state index in [1.807, 2.05) is 6.92 Å². The van der Waals surface area contributed by atoms with Crippen LogP contribution in [0.1, 0.15) is 39.0 Å². The number of likely N-dealkylation sites (tertiary alicyclic amines) is 1. The number of ether oxygens (including phenoxy) is 1. The van der Waals surface area contributed by atoms with Crippen molar-refractivity contribution in [1.82, 2.24) is 24.2 Å². The zero-order valence-electron chi connectivity index (χ0n) is 21.3. The number of aromatic amines is 1. The summed E-state index contributed by atoms with van der Waals surface area (Å²) in [5.74, 6) is 1.32. The van der Waals surface area contributed by atoms with Crippen LogP contribution < -0.4 is 15.4 Å². The SMILES string of the molecule is CCNc1nc(Nc2ccc(S(=O)(=O)N3CCC(N4CCCCC4)CC3)cc2OC)nc2[nH]cc(Cl)c12. The number of nitrogens with zero attached hydrogens (tertiary/aromatic N) is 4. The summed E-state index contributed by atoms with van der Waals surface area (Å²) in [6.45, 7) is 5.97. The van der Waals surface area contributed by atoms with E-state index in [1.54, 1.807) is 28.7 Å². The smallest absolute Gasteiger partial charge is 0.243 e. The van der Waals surface area contributed by atoms with Gasteiger partial charge in [0, 0.05) is 37.9 Å². The summed E-state index contributed by atoms with van der Waals surface area (Å²) in [5, 5.41) is 7.61. The van der Waals surface area contributed by atoms with E-state index in [2.05, 4.69) is 30.5 Å². The molecule has 0 radical (unpaired) electrons. The van der Waals surface area contributed by atoms with Gasteiger partial charge >= 0.3 is 0 Å². The maximum atomic E-state index is 13.5. The highest BCUT2D eigenvalue weighted by Gasteiger charge is 2.32. The van der Waals surface area contributed by atoms with Crippen LogP contribution >= 0.6 is 11.6 Å². The summed E-state index contributed by atoms with van der Waals surface area (Å²) in [4.78, 5) is 14.9. The van der Waals surface area contributed by atoms with Gasteiger partial charge in [0.2, 0.25) is 16.0 Å². The molecule has 2 fully saturated rings. The van der Waals surface area contributed by atoms with Crippen LogP contribution in [0.4, 0.5) is 17.5 Å². The van der Waals surface area contributed by atoms with Gasteiger partial charge in [-0.15, -0.1) is 0 Å². The van der Waals surface area contributed by atoms with Gasteiger partial charge in [-0.1, -0.05) is 18.0 Å². The molecule has 2 aliphatic heterocycles. The Bertz CT molecular complexity index is 1350. The molecule has 4 heterocycles. The molecular formula is C25H34ClN7O3S. The zero-order chi connectivity index (χ0) is 26.0. The molecule has 0 atom stereocenters. The predicted octanol–water partition coefficient (Wildman–Crippen LogP) is 4.43. The summed E-state index contributed by atoms with van der Waals surface area (Å²) in [6.07, 6.45) is 7.19. The lowest BCUT2D eigenvalue weighted by molar-refractivity contribution is 0.118. The fraction of sp³-hybridized carbons (Fsp3) is 0.520. The number of benzene rings is 1. The number of H-pyrrole nitrogens is 1. The van der Waals surface area contributed by atoms with Gasteiger partial charge in [-0.05, 0) is 57.8 Å². The van der Waals surface area contributed by atoms with E-state index in [0.717, 1.165) is 25.9 Å². The topological polar surface area (TPSA) is 115 Å². The van der Waals surface area contributed by atoms with Crippen molar-refractivity contribution in [2.45, 2.75) is 50.0 Å². The molecule has 10 nitrogen and oxygen atoms in total. The van der Waals surface area contributed by atoms with Crippen LogP contribution in [-0.4, -0.2) is 78.5 Å². The number of anilines is 3. The summed E-state index contributed by atoms with van der Waals surface area (Å²) < 4.78 is 34.1. The van der Waals surface area contributed by atoms with Crippen LogP contribution in [0.25, 0.3) is 11.0 Å². The molecule has 12 heteroatoms. The van der Waals surface area contributed by atoms with Crippen molar-refractivity contribution < 1.29 is 13.2 Å². The molecule has 0 bridgehead atoms. The fourth-order valence-electron chi connectivity index (χ4n) is 5.28. The molecule has 3 N–H and O–H groups in total. The highest BCUT2D eigenvalue weighted by molar-refractivity contribution is 7.89. The predicted molar refractivity (Wildman–Crippen MR) is 147 cm³/mol. The number of hydrogen-bond acceptors (Lipinski definition) is 8. The highest BCUT2D eigenvalue weighted by atomic mass is 35.5. The third-order valence-corrected chi connectivity index (χ3v) is 9.41. The Morgan fingerprint density at radius 2 is 1.89 bits per heavy atom. The Labute approximate surface area is 222 Å². The molecule has 0 unspecified atom stereocenters. The molecular weight excluding hydrogens is 514 g/mol. The zero-order valence-corrected chi connectivity index (χ0v) is 22.8. The van der Waals surface area contributed by atoms with Crippen molar-refractivity contribution in [3.63, 3.8) is 0 Å². The van der Waals surface area contributed by atoms with Gasteiger partial charge in [-0.2, -0.15) is 14.3 Å². The average molecular weight is 548 g/mol. The van der Waals surface area contributed by atoms with E-state index in [4.69, 9.17) is 16.3 Å². The van der Waals surface area contributed by atoms with Crippen LogP contribution in [0.3, 0.4) is 0 Å². The first kappa shape index (κ1) is 26.0. The minimum Gasteiger partial charge on any atom is -0.495 e. The third-order valence-electron chi connectivity index (χ3n) is 7.22. The maximum absolute atomic E-state index is 13.5. The van der Waals surface area contributed by atoms with Gasteiger partial charge in [-0.25, -0.2) is 8.42 Å². The Kier molecular flexibility index (Phi) is 7.75. The van der Waals surface area contributed by atoms with Gasteiger partial charge in [0.25, 0.3) is 0 Å². The number of sulfonamides is 1. The largest absolute Gasteiger partial charge is 0.495 e. The molecule has 0 saturated carbocycles. The van der Waals surface area contributed by atoms with Gasteiger partial charge in [0.05, 0.1) is 28.1 Å². The number of nitrogens with one attached hydrogen (secondary N) is 3. The van der Waals surface area contributed by atoms with E-state index in [0.29, 0.717) is 64.9 Å². The standard InChI is InChI=1S/C25H34ClN7O3S/c1-3-27-23-22-19(26)16-28-24(22)31-25(30-23)29-20-8-7-18(15-21(20)36-2)37(34,35)33-13-9-17(10-14-33)32-11-5-4-6-12-32/h7-8,15-17H,3-6,9-14H2,1-2H3,(H3,27,28,29,30,31). The van der Waals surface area contributed by atoms with Crippen molar-refractivity contribution in [2.24, 2.45) is 0 Å². The first-order valence-corrected chi connectivity index (χ1v) is 14.7. The summed E-state index contributed by atoms with van der Waals surface area (Å²) in [5.41, 5.74) is 1.15. The Morgan fingerprint density at radius 3 is 2.59 bits per heavy atom. The molecule has 2 saturated heterocycles. The lowest BCUT2D eigenvalue weighted by Gasteiger charge is -2.39. The van der Waals surface area contributed by atoms with Crippen LogP contribution in [-0.2, 0) is 10.0 Å². The van der Waals surface area contributed by atoms with Crippen molar-refractivity contribution in [2.75, 3.05) is 50.5 Å². The van der Waals surface area contributed by atoms with Crippen molar-refractivity contribution in [3.05, 3.63) is 29.4 Å². The van der Waals surface area contributed by atoms with Crippen LogP contribution in [0.15, 0.2) is 29.3 Å². The molecule has 0 amide bonds. The molecule has 5 rings (SSSR count). The van der Waals surface area contributed by atoms with Crippen LogP contribution in [0, 0.1) is 0 Å². The molecule has 2 aromatic heterocycles. The molecule has 0 spiro atoms. The fourth-order valence-corrected chi connectivity index (χ4v) is 7.00. The molecule has 2 aliphatic rings. The molecule has 37 heavy (non-hydrogen) atoms.